The fourth-order valence-corrected chi connectivity index (χ4v) is 2.56. The molecule has 0 N–H and O–H groups in total. The average Bonchev–Trinajstić information content (AvgIpc) is 2.58. The maximum absolute atomic E-state index is 11.2. The largest absolute Gasteiger partial charge is 0.372 e. The summed E-state index contributed by atoms with van der Waals surface area (Å²) in [6.07, 6.45) is 5.88. The highest BCUT2D eigenvalue weighted by molar-refractivity contribution is 5.77. The molecule has 3 nitrogen and oxygen atoms in total. The Morgan fingerprint density at radius 2 is 2.00 bits per heavy atom. The molecule has 2 heterocycles. The van der Waals surface area contributed by atoms with E-state index in [9.17, 15) is 4.79 Å². The van der Waals surface area contributed by atoms with E-state index in [1.807, 2.05) is 6.92 Å². The summed E-state index contributed by atoms with van der Waals surface area (Å²) in [6, 6.07) is 0. The topological polar surface area (TPSA) is 29.5 Å². The minimum atomic E-state index is 0.395. The summed E-state index contributed by atoms with van der Waals surface area (Å²) < 4.78 is 5.77. The van der Waals surface area contributed by atoms with Crippen molar-refractivity contribution < 1.29 is 9.53 Å². The number of hydrogen-bond donors (Lipinski definition) is 0. The van der Waals surface area contributed by atoms with Crippen molar-refractivity contribution in [3.8, 4) is 0 Å². The second kappa shape index (κ2) is 5.08. The third kappa shape index (κ3) is 3.02. The first kappa shape index (κ1) is 11.1. The highest BCUT2D eigenvalue weighted by Gasteiger charge is 2.33. The van der Waals surface area contributed by atoms with Crippen LogP contribution in [-0.2, 0) is 9.53 Å². The van der Waals surface area contributed by atoms with Crippen LogP contribution < -0.4 is 0 Å². The van der Waals surface area contributed by atoms with Gasteiger partial charge in [0.1, 0.15) is 5.78 Å². The number of carbonyl (C=O) groups excluding carboxylic acids is 1. The number of Topliss-reactive ketones (excluding diaryl/α,β-unsaturated/α-hetero) is 1. The lowest BCUT2D eigenvalue weighted by Gasteiger charge is -2.31. The Morgan fingerprint density at radius 1 is 1.33 bits per heavy atom. The van der Waals surface area contributed by atoms with Gasteiger partial charge in [0.2, 0.25) is 0 Å². The van der Waals surface area contributed by atoms with E-state index in [4.69, 9.17) is 4.74 Å². The van der Waals surface area contributed by atoms with Gasteiger partial charge in [-0.1, -0.05) is 6.92 Å². The van der Waals surface area contributed by atoms with Crippen LogP contribution in [0.3, 0.4) is 0 Å². The van der Waals surface area contributed by atoms with Gasteiger partial charge in [-0.2, -0.15) is 0 Å². The molecule has 2 fully saturated rings. The molecule has 2 bridgehead atoms. The second-order valence-electron chi connectivity index (χ2n) is 4.71. The molecule has 2 atom stereocenters. The summed E-state index contributed by atoms with van der Waals surface area (Å²) >= 11 is 0. The first-order valence-corrected chi connectivity index (χ1v) is 6.17. The van der Waals surface area contributed by atoms with Crippen LogP contribution in [-0.4, -0.2) is 42.5 Å². The lowest BCUT2D eigenvalue weighted by atomic mass is 10.1. The Labute approximate surface area is 91.8 Å². The number of hydrogen-bond acceptors (Lipinski definition) is 3. The molecular formula is C12H21NO2. The van der Waals surface area contributed by atoms with Crippen molar-refractivity contribution in [2.24, 2.45) is 0 Å². The molecule has 2 saturated heterocycles. The Balaban J connectivity index is 1.65. The SMILES string of the molecule is CCC(=O)CCCN1CC2CCC(C1)O2. The van der Waals surface area contributed by atoms with Crippen molar-refractivity contribution in [3.05, 3.63) is 0 Å². The van der Waals surface area contributed by atoms with Gasteiger partial charge in [0.25, 0.3) is 0 Å². The van der Waals surface area contributed by atoms with Gasteiger partial charge in [-0.05, 0) is 25.8 Å². The molecule has 86 valence electrons. The number of ketones is 1. The van der Waals surface area contributed by atoms with E-state index in [-0.39, 0.29) is 0 Å². The van der Waals surface area contributed by atoms with Crippen LogP contribution in [0, 0.1) is 0 Å². The molecule has 2 aliphatic heterocycles. The summed E-state index contributed by atoms with van der Waals surface area (Å²) in [4.78, 5) is 13.6. The van der Waals surface area contributed by atoms with Crippen molar-refractivity contribution in [1.82, 2.24) is 4.90 Å². The number of ether oxygens (including phenoxy) is 1. The average molecular weight is 211 g/mol. The lowest BCUT2D eigenvalue weighted by Crippen LogP contribution is -2.42. The Hall–Kier alpha value is -0.410. The Bertz CT molecular complexity index is 218. The van der Waals surface area contributed by atoms with Crippen LogP contribution in [0.5, 0.6) is 0 Å². The number of morpholine rings is 1. The van der Waals surface area contributed by atoms with Gasteiger partial charge in [-0.25, -0.2) is 0 Å². The Kier molecular flexibility index (Phi) is 3.76. The summed E-state index contributed by atoms with van der Waals surface area (Å²) in [7, 11) is 0. The minimum Gasteiger partial charge on any atom is -0.372 e. The van der Waals surface area contributed by atoms with E-state index in [1.54, 1.807) is 0 Å². The fourth-order valence-electron chi connectivity index (χ4n) is 2.56. The number of rotatable bonds is 5. The molecular weight excluding hydrogens is 190 g/mol. The van der Waals surface area contributed by atoms with Crippen LogP contribution in [0.15, 0.2) is 0 Å². The number of carbonyl (C=O) groups is 1. The van der Waals surface area contributed by atoms with Crippen molar-refractivity contribution in [2.75, 3.05) is 19.6 Å². The molecule has 2 unspecified atom stereocenters. The first-order chi connectivity index (χ1) is 7.28. The third-order valence-electron chi connectivity index (χ3n) is 3.44. The predicted molar refractivity (Wildman–Crippen MR) is 58.9 cm³/mol. The van der Waals surface area contributed by atoms with Gasteiger partial charge >= 0.3 is 0 Å². The van der Waals surface area contributed by atoms with Crippen LogP contribution in [0.4, 0.5) is 0 Å². The molecule has 3 heteroatoms. The highest BCUT2D eigenvalue weighted by Crippen LogP contribution is 2.26. The smallest absolute Gasteiger partial charge is 0.132 e. The Morgan fingerprint density at radius 3 is 2.60 bits per heavy atom. The zero-order valence-corrected chi connectivity index (χ0v) is 9.58. The molecule has 0 aromatic rings. The van der Waals surface area contributed by atoms with E-state index in [0.29, 0.717) is 24.4 Å². The molecule has 0 radical (unpaired) electrons. The zero-order chi connectivity index (χ0) is 10.7. The standard InChI is InChI=1S/C12H21NO2/c1-2-10(14)4-3-7-13-8-11-5-6-12(9-13)15-11/h11-12H,2-9H2,1H3. The summed E-state index contributed by atoms with van der Waals surface area (Å²) in [5.41, 5.74) is 0. The van der Waals surface area contributed by atoms with Gasteiger partial charge in [-0.3, -0.25) is 9.69 Å². The molecule has 2 rings (SSSR count). The van der Waals surface area contributed by atoms with Crippen LogP contribution >= 0.6 is 0 Å². The molecule has 0 aromatic heterocycles. The van der Waals surface area contributed by atoms with Crippen LogP contribution in [0.2, 0.25) is 0 Å². The van der Waals surface area contributed by atoms with E-state index in [0.717, 1.165) is 32.5 Å². The molecule has 2 aliphatic rings. The normalized spacial score (nSPS) is 30.7. The maximum Gasteiger partial charge on any atom is 0.132 e. The summed E-state index contributed by atoms with van der Waals surface area (Å²) in [6.45, 7) is 5.17. The maximum atomic E-state index is 11.2. The first-order valence-electron chi connectivity index (χ1n) is 6.17. The lowest BCUT2D eigenvalue weighted by molar-refractivity contribution is -0.119. The molecule has 0 aromatic carbocycles. The molecule has 0 saturated carbocycles. The van der Waals surface area contributed by atoms with Crippen molar-refractivity contribution in [1.29, 1.82) is 0 Å². The third-order valence-corrected chi connectivity index (χ3v) is 3.44. The monoisotopic (exact) mass is 211 g/mol. The summed E-state index contributed by atoms with van der Waals surface area (Å²) in [5, 5.41) is 0. The van der Waals surface area contributed by atoms with Gasteiger partial charge in [-0.15, -0.1) is 0 Å². The number of fused-ring (bicyclic) bond motifs is 2. The van der Waals surface area contributed by atoms with E-state index in [1.165, 1.54) is 12.8 Å². The molecule has 0 aliphatic carbocycles. The predicted octanol–water partition coefficient (Wildman–Crippen LogP) is 1.61. The van der Waals surface area contributed by atoms with Gasteiger partial charge < -0.3 is 4.74 Å². The summed E-state index contributed by atoms with van der Waals surface area (Å²) in [5.74, 6) is 0.395. The van der Waals surface area contributed by atoms with Gasteiger partial charge in [0.05, 0.1) is 12.2 Å². The second-order valence-corrected chi connectivity index (χ2v) is 4.71. The van der Waals surface area contributed by atoms with E-state index < -0.39 is 0 Å². The van der Waals surface area contributed by atoms with E-state index >= 15 is 0 Å². The minimum absolute atomic E-state index is 0.395. The van der Waals surface area contributed by atoms with E-state index in [2.05, 4.69) is 4.90 Å². The molecule has 0 spiro atoms. The highest BCUT2D eigenvalue weighted by atomic mass is 16.5. The van der Waals surface area contributed by atoms with Crippen LogP contribution in [0.25, 0.3) is 0 Å². The van der Waals surface area contributed by atoms with Crippen molar-refractivity contribution >= 4 is 5.78 Å². The molecule has 0 amide bonds. The quantitative estimate of drug-likeness (QED) is 0.692. The van der Waals surface area contributed by atoms with Gasteiger partial charge in [0.15, 0.2) is 0 Å². The zero-order valence-electron chi connectivity index (χ0n) is 9.58. The van der Waals surface area contributed by atoms with Crippen molar-refractivity contribution in [3.63, 3.8) is 0 Å². The van der Waals surface area contributed by atoms with Gasteiger partial charge in [0, 0.05) is 25.9 Å². The fraction of sp³-hybridized carbons (Fsp3) is 0.917. The molecule has 15 heavy (non-hydrogen) atoms. The number of likely N-dealkylation sites (tertiary alicyclic amines) is 1. The number of nitrogens with zero attached hydrogens (tertiary/aromatic N) is 1. The van der Waals surface area contributed by atoms with Crippen LogP contribution in [0.1, 0.15) is 39.0 Å². The van der Waals surface area contributed by atoms with Crippen molar-refractivity contribution in [2.45, 2.75) is 51.2 Å².